The van der Waals surface area contributed by atoms with Gasteiger partial charge in [0.2, 0.25) is 10.0 Å². The molecule has 0 saturated heterocycles. The molecule has 2 rings (SSSR count). The van der Waals surface area contributed by atoms with Crippen LogP contribution in [0, 0.1) is 0 Å². The summed E-state index contributed by atoms with van der Waals surface area (Å²) in [4.78, 5) is 11.2. The van der Waals surface area contributed by atoms with E-state index in [9.17, 15) is 13.2 Å². The van der Waals surface area contributed by atoms with Crippen LogP contribution in [0.2, 0.25) is 0 Å². The van der Waals surface area contributed by atoms with Gasteiger partial charge in [0.1, 0.15) is 5.75 Å². The summed E-state index contributed by atoms with van der Waals surface area (Å²) in [7, 11) is -2.18. The molecule has 0 amide bonds. The fourth-order valence-electron chi connectivity index (χ4n) is 2.92. The van der Waals surface area contributed by atoms with Crippen LogP contribution in [0.4, 0.5) is 0 Å². The van der Waals surface area contributed by atoms with Gasteiger partial charge in [-0.1, -0.05) is 26.0 Å². The number of hydrogen-bond donors (Lipinski definition) is 1. The second-order valence-corrected chi connectivity index (χ2v) is 8.09. The van der Waals surface area contributed by atoms with Gasteiger partial charge >= 0.3 is 5.97 Å². The number of benzene rings is 2. The largest absolute Gasteiger partial charge is 0.497 e. The Labute approximate surface area is 160 Å². The van der Waals surface area contributed by atoms with E-state index in [0.717, 1.165) is 5.56 Å². The van der Waals surface area contributed by atoms with Crippen LogP contribution in [0.1, 0.15) is 42.6 Å². The Morgan fingerprint density at radius 1 is 1.04 bits per heavy atom. The lowest BCUT2D eigenvalue weighted by molar-refractivity contribution is 0.0697. The van der Waals surface area contributed by atoms with Gasteiger partial charge in [-0.15, -0.1) is 0 Å². The molecule has 0 fully saturated rings. The van der Waals surface area contributed by atoms with Crippen molar-refractivity contribution in [2.45, 2.75) is 44.2 Å². The van der Waals surface area contributed by atoms with E-state index in [2.05, 4.69) is 0 Å². The Hall–Kier alpha value is -2.38. The van der Waals surface area contributed by atoms with E-state index in [1.807, 2.05) is 13.8 Å². The minimum absolute atomic E-state index is 0.156. The van der Waals surface area contributed by atoms with Gasteiger partial charge < -0.3 is 9.84 Å². The third-order valence-corrected chi connectivity index (χ3v) is 6.47. The molecule has 0 bridgehead atoms. The van der Waals surface area contributed by atoms with E-state index < -0.39 is 16.0 Å². The zero-order valence-corrected chi connectivity index (χ0v) is 16.6. The van der Waals surface area contributed by atoms with Gasteiger partial charge in [0.15, 0.2) is 0 Å². The maximum atomic E-state index is 13.3. The summed E-state index contributed by atoms with van der Waals surface area (Å²) in [6, 6.07) is 12.5. The molecule has 0 spiro atoms. The van der Waals surface area contributed by atoms with E-state index in [0.29, 0.717) is 18.6 Å². The van der Waals surface area contributed by atoms with Gasteiger partial charge in [0, 0.05) is 12.6 Å². The van der Waals surface area contributed by atoms with Crippen LogP contribution in [0.25, 0.3) is 0 Å². The molecule has 0 aromatic heterocycles. The highest BCUT2D eigenvalue weighted by Crippen LogP contribution is 2.25. The standard InChI is InChI=1S/C20H25NO5S/c1-4-17(5-2)21(14-15-6-8-16(9-7-15)20(22)23)27(24,25)19-12-10-18(26-3)11-13-19/h6-13,17H,4-5,14H2,1-3H3,(H,22,23). The Bertz CT molecular complexity index is 856. The summed E-state index contributed by atoms with van der Waals surface area (Å²) in [6.45, 7) is 4.09. The molecule has 7 heteroatoms. The zero-order chi connectivity index (χ0) is 20.0. The molecule has 0 radical (unpaired) electrons. The topological polar surface area (TPSA) is 83.9 Å². The first-order valence-corrected chi connectivity index (χ1v) is 10.3. The highest BCUT2D eigenvalue weighted by molar-refractivity contribution is 7.89. The SMILES string of the molecule is CCC(CC)N(Cc1ccc(C(=O)O)cc1)S(=O)(=O)c1ccc(OC)cc1. The zero-order valence-electron chi connectivity index (χ0n) is 15.8. The minimum Gasteiger partial charge on any atom is -0.497 e. The van der Waals surface area contributed by atoms with E-state index in [1.165, 1.54) is 35.7 Å². The molecule has 2 aromatic rings. The maximum absolute atomic E-state index is 13.3. The van der Waals surface area contributed by atoms with E-state index >= 15 is 0 Å². The summed E-state index contributed by atoms with van der Waals surface area (Å²) < 4.78 is 33.1. The fraction of sp³-hybridized carbons (Fsp3) is 0.350. The van der Waals surface area contributed by atoms with Gasteiger partial charge in [-0.3, -0.25) is 0 Å². The van der Waals surface area contributed by atoms with Crippen LogP contribution in [-0.4, -0.2) is 37.0 Å². The van der Waals surface area contributed by atoms with Crippen LogP contribution in [-0.2, 0) is 16.6 Å². The highest BCUT2D eigenvalue weighted by Gasteiger charge is 2.30. The van der Waals surface area contributed by atoms with Crippen molar-refractivity contribution in [3.63, 3.8) is 0 Å². The molecule has 27 heavy (non-hydrogen) atoms. The first-order chi connectivity index (χ1) is 12.8. The molecule has 6 nitrogen and oxygen atoms in total. The molecule has 0 unspecified atom stereocenters. The van der Waals surface area contributed by atoms with Crippen LogP contribution < -0.4 is 4.74 Å². The van der Waals surface area contributed by atoms with Crippen molar-refractivity contribution in [2.24, 2.45) is 0 Å². The van der Waals surface area contributed by atoms with Gasteiger partial charge in [0.05, 0.1) is 17.6 Å². The van der Waals surface area contributed by atoms with Crippen molar-refractivity contribution in [1.29, 1.82) is 0 Å². The molecular weight excluding hydrogens is 366 g/mol. The summed E-state index contributed by atoms with van der Waals surface area (Å²) in [6.07, 6.45) is 1.36. The highest BCUT2D eigenvalue weighted by atomic mass is 32.2. The molecule has 146 valence electrons. The number of carboxylic acids is 1. The summed E-state index contributed by atoms with van der Waals surface area (Å²) in [5.41, 5.74) is 0.912. The lowest BCUT2D eigenvalue weighted by Gasteiger charge is -2.30. The van der Waals surface area contributed by atoms with Crippen molar-refractivity contribution in [3.8, 4) is 5.75 Å². The third-order valence-electron chi connectivity index (χ3n) is 4.56. The van der Waals surface area contributed by atoms with Gasteiger partial charge in [-0.2, -0.15) is 4.31 Å². The van der Waals surface area contributed by atoms with Gasteiger partial charge in [-0.25, -0.2) is 13.2 Å². The molecule has 0 atom stereocenters. The average Bonchev–Trinajstić information content (AvgIpc) is 2.68. The number of aromatic carboxylic acids is 1. The van der Waals surface area contributed by atoms with Gasteiger partial charge in [-0.05, 0) is 54.8 Å². The van der Waals surface area contributed by atoms with Crippen LogP contribution in [0.5, 0.6) is 5.75 Å². The number of hydrogen-bond acceptors (Lipinski definition) is 4. The third kappa shape index (κ3) is 4.87. The molecule has 0 saturated carbocycles. The Balaban J connectivity index is 2.39. The Morgan fingerprint density at radius 3 is 2.04 bits per heavy atom. The quantitative estimate of drug-likeness (QED) is 0.703. The molecule has 2 aromatic carbocycles. The number of methoxy groups -OCH3 is 1. The predicted molar refractivity (Wildman–Crippen MR) is 103 cm³/mol. The molecule has 0 aliphatic carbocycles. The molecule has 1 N–H and O–H groups in total. The van der Waals surface area contributed by atoms with E-state index in [4.69, 9.17) is 9.84 Å². The molecule has 0 aliphatic heterocycles. The van der Waals surface area contributed by atoms with Crippen LogP contribution in [0.3, 0.4) is 0 Å². The number of carboxylic acid groups (broad SMARTS) is 1. The Kier molecular flexibility index (Phi) is 6.98. The summed E-state index contributed by atoms with van der Waals surface area (Å²) >= 11 is 0. The fourth-order valence-corrected chi connectivity index (χ4v) is 4.68. The number of rotatable bonds is 9. The summed E-state index contributed by atoms with van der Waals surface area (Å²) in [5.74, 6) is -0.420. The first kappa shape index (κ1) is 20.9. The second-order valence-electron chi connectivity index (χ2n) is 6.20. The van der Waals surface area contributed by atoms with Crippen molar-refractivity contribution in [1.82, 2.24) is 4.31 Å². The van der Waals surface area contributed by atoms with Crippen molar-refractivity contribution in [3.05, 3.63) is 59.7 Å². The number of carbonyl (C=O) groups is 1. The minimum atomic E-state index is -3.71. The molecule has 0 aliphatic rings. The predicted octanol–water partition coefficient (Wildman–Crippen LogP) is 3.77. The molecule has 0 heterocycles. The van der Waals surface area contributed by atoms with Crippen molar-refractivity contribution in [2.75, 3.05) is 7.11 Å². The first-order valence-electron chi connectivity index (χ1n) is 8.81. The van der Waals surface area contributed by atoms with Crippen LogP contribution in [0.15, 0.2) is 53.4 Å². The smallest absolute Gasteiger partial charge is 0.335 e. The Morgan fingerprint density at radius 2 is 1.59 bits per heavy atom. The van der Waals surface area contributed by atoms with Crippen molar-refractivity contribution >= 4 is 16.0 Å². The second kappa shape index (κ2) is 9.01. The van der Waals surface area contributed by atoms with E-state index in [-0.39, 0.29) is 23.0 Å². The monoisotopic (exact) mass is 391 g/mol. The van der Waals surface area contributed by atoms with Crippen LogP contribution >= 0.6 is 0 Å². The maximum Gasteiger partial charge on any atom is 0.335 e. The molecular formula is C20H25NO5S. The van der Waals surface area contributed by atoms with Crippen molar-refractivity contribution < 1.29 is 23.1 Å². The number of sulfonamides is 1. The average molecular weight is 391 g/mol. The normalized spacial score (nSPS) is 11.7. The summed E-state index contributed by atoms with van der Waals surface area (Å²) in [5, 5.41) is 9.03. The number of ether oxygens (including phenoxy) is 1. The lowest BCUT2D eigenvalue weighted by atomic mass is 10.1. The number of nitrogens with zero attached hydrogens (tertiary/aromatic N) is 1. The lowest BCUT2D eigenvalue weighted by Crippen LogP contribution is -2.39. The van der Waals surface area contributed by atoms with Gasteiger partial charge in [0.25, 0.3) is 0 Å². The van der Waals surface area contributed by atoms with E-state index in [1.54, 1.807) is 24.3 Å².